The summed E-state index contributed by atoms with van der Waals surface area (Å²) >= 11 is 0. The number of hydrogen-bond donors (Lipinski definition) is 0. The summed E-state index contributed by atoms with van der Waals surface area (Å²) in [4.78, 5) is 4.33. The van der Waals surface area contributed by atoms with Crippen molar-refractivity contribution in [2.45, 2.75) is 152 Å². The quantitative estimate of drug-likeness (QED) is 0.131. The Bertz CT molecular complexity index is 4590. The number of imidazole rings is 1. The van der Waals surface area contributed by atoms with Crippen molar-refractivity contribution in [3.63, 3.8) is 0 Å². The molecule has 0 aliphatic carbocycles. The fourth-order valence-electron chi connectivity index (χ4n) is 11.5. The van der Waals surface area contributed by atoms with Gasteiger partial charge in [0.15, 0.2) is 35.2 Å². The number of fused-ring (bicyclic) bond motifs is 14. The van der Waals surface area contributed by atoms with Gasteiger partial charge in [0.1, 0.15) is 37.8 Å². The van der Waals surface area contributed by atoms with Crippen molar-refractivity contribution in [1.82, 2.24) is 9.38 Å². The number of rotatable bonds is 3. The van der Waals surface area contributed by atoms with Crippen molar-refractivity contribution in [2.75, 3.05) is 0 Å². The molecular formula is C89H116N6O2+4. The maximum atomic E-state index is 6.16. The highest BCUT2D eigenvalue weighted by Crippen LogP contribution is 2.38. The van der Waals surface area contributed by atoms with Gasteiger partial charge in [0.25, 0.3) is 5.65 Å². The molecule has 0 bridgehead atoms. The first-order valence-corrected chi connectivity index (χ1v) is 35.8. The molecule has 0 unspecified atom stereocenters. The maximum absolute atomic E-state index is 6.16. The molecule has 0 saturated carbocycles. The predicted molar refractivity (Wildman–Crippen MR) is 424 cm³/mol. The molecule has 0 radical (unpaired) electrons. The van der Waals surface area contributed by atoms with Crippen LogP contribution in [0.3, 0.4) is 0 Å². The van der Waals surface area contributed by atoms with Gasteiger partial charge in [-0.25, -0.2) is 23.3 Å². The van der Waals surface area contributed by atoms with Gasteiger partial charge in [-0.2, -0.15) is 4.40 Å². The largest absolute Gasteiger partial charge is 0.455 e. The summed E-state index contributed by atoms with van der Waals surface area (Å²) in [6.07, 6.45) is 7.95. The number of pyridine rings is 5. The fraction of sp³-hybridized carbons (Fsp3) is 0.292. The highest BCUT2D eigenvalue weighted by molar-refractivity contribution is 6.14. The predicted octanol–water partition coefficient (Wildman–Crippen LogP) is 24.4. The van der Waals surface area contributed by atoms with Gasteiger partial charge in [-0.1, -0.05) is 234 Å². The summed E-state index contributed by atoms with van der Waals surface area (Å²) in [6.45, 7) is 44.6. The first kappa shape index (κ1) is 81.4. The van der Waals surface area contributed by atoms with Gasteiger partial charge in [-0.05, 0) is 111 Å². The lowest BCUT2D eigenvalue weighted by Crippen LogP contribution is -2.30. The Balaban J connectivity index is 0.000000315. The second-order valence-corrected chi connectivity index (χ2v) is 20.5. The summed E-state index contributed by atoms with van der Waals surface area (Å²) in [6, 6.07) is 71.9. The van der Waals surface area contributed by atoms with Gasteiger partial charge in [-0.3, -0.25) is 0 Å². The van der Waals surface area contributed by atoms with E-state index in [0.29, 0.717) is 5.71 Å². The third-order valence-corrected chi connectivity index (χ3v) is 15.4. The Morgan fingerprint density at radius 3 is 1.29 bits per heavy atom. The number of aromatic nitrogens is 6. The van der Waals surface area contributed by atoms with Gasteiger partial charge in [-0.15, -0.1) is 0 Å². The third kappa shape index (κ3) is 18.4. The van der Waals surface area contributed by atoms with Crippen molar-refractivity contribution in [2.24, 2.45) is 28.2 Å². The molecule has 15 rings (SSSR count). The number of nitrogens with zero attached hydrogens (tertiary/aromatic N) is 6. The van der Waals surface area contributed by atoms with E-state index in [4.69, 9.17) is 8.83 Å². The van der Waals surface area contributed by atoms with E-state index in [2.05, 4.69) is 272 Å². The molecule has 0 aliphatic heterocycles. The van der Waals surface area contributed by atoms with E-state index in [-0.39, 0.29) is 0 Å². The Hall–Kier alpha value is -9.79. The zero-order valence-electron chi connectivity index (χ0n) is 63.9. The van der Waals surface area contributed by atoms with Crippen LogP contribution < -0.4 is 18.3 Å². The molecule has 0 saturated heterocycles. The monoisotopic (exact) mass is 1300 g/mol. The third-order valence-electron chi connectivity index (χ3n) is 15.4. The summed E-state index contributed by atoms with van der Waals surface area (Å²) in [7, 11) is 8.35. The van der Waals surface area contributed by atoms with E-state index in [1.165, 1.54) is 93.9 Å². The van der Waals surface area contributed by atoms with Crippen molar-refractivity contribution < 1.29 is 27.1 Å². The van der Waals surface area contributed by atoms with Crippen LogP contribution in [-0.4, -0.2) is 9.38 Å². The molecule has 0 aliphatic rings. The molecule has 510 valence electrons. The molecule has 8 heterocycles. The van der Waals surface area contributed by atoms with Gasteiger partial charge in [0.2, 0.25) is 22.8 Å². The van der Waals surface area contributed by atoms with E-state index in [1.807, 2.05) is 161 Å². The highest BCUT2D eigenvalue weighted by Gasteiger charge is 2.25. The van der Waals surface area contributed by atoms with Gasteiger partial charge < -0.3 is 8.83 Å². The van der Waals surface area contributed by atoms with Crippen LogP contribution in [0, 0.1) is 27.7 Å². The van der Waals surface area contributed by atoms with E-state index in [0.717, 1.165) is 38.8 Å². The molecule has 0 atom stereocenters. The molecule has 7 aromatic carbocycles. The molecule has 15 aromatic rings. The Labute approximate surface area is 583 Å². The minimum absolute atomic E-state index is 0.693. The number of furan rings is 2. The van der Waals surface area contributed by atoms with E-state index >= 15 is 0 Å². The summed E-state index contributed by atoms with van der Waals surface area (Å²) < 4.78 is 23.3. The number of benzene rings is 7. The lowest BCUT2D eigenvalue weighted by molar-refractivity contribution is -0.660. The van der Waals surface area contributed by atoms with Crippen LogP contribution in [0.4, 0.5) is 0 Å². The van der Waals surface area contributed by atoms with Crippen LogP contribution >= 0.6 is 0 Å². The van der Waals surface area contributed by atoms with Crippen LogP contribution in [-0.2, 0) is 28.2 Å². The van der Waals surface area contributed by atoms with Crippen LogP contribution in [0.5, 0.6) is 0 Å². The summed E-state index contributed by atoms with van der Waals surface area (Å²) in [5.41, 5.74) is 20.8. The van der Waals surface area contributed by atoms with Gasteiger partial charge >= 0.3 is 0 Å². The first-order chi connectivity index (χ1) is 47.6. The molecule has 0 amide bonds. The number of hydrogen-bond acceptors (Lipinski definition) is 3. The Morgan fingerprint density at radius 1 is 0.320 bits per heavy atom. The Kier molecular flexibility index (Phi) is 35.8. The molecular weight excluding hydrogens is 1190 g/mol. The maximum Gasteiger partial charge on any atom is 0.295 e. The van der Waals surface area contributed by atoms with Crippen molar-refractivity contribution >= 4 is 82.4 Å². The lowest BCUT2D eigenvalue weighted by atomic mass is 10.0. The van der Waals surface area contributed by atoms with Crippen LogP contribution in [0.1, 0.15) is 147 Å². The summed E-state index contributed by atoms with van der Waals surface area (Å²) in [5.74, 6) is 0. The number of aryl methyl sites for hydroxylation is 8. The molecule has 0 N–H and O–H groups in total. The summed E-state index contributed by atoms with van der Waals surface area (Å²) in [5, 5.41) is 8.49. The molecule has 8 nitrogen and oxygen atoms in total. The second kappa shape index (κ2) is 42.6. The first-order valence-electron chi connectivity index (χ1n) is 35.8. The van der Waals surface area contributed by atoms with Crippen LogP contribution in [0.15, 0.2) is 240 Å². The lowest BCUT2D eigenvalue weighted by Gasteiger charge is -2.06. The van der Waals surface area contributed by atoms with Gasteiger partial charge in [0.05, 0.1) is 23.6 Å². The van der Waals surface area contributed by atoms with Crippen molar-refractivity contribution in [1.29, 1.82) is 0 Å². The smallest absolute Gasteiger partial charge is 0.295 e. The Morgan fingerprint density at radius 2 is 0.742 bits per heavy atom. The van der Waals surface area contributed by atoms with E-state index < -0.39 is 0 Å². The van der Waals surface area contributed by atoms with E-state index in [9.17, 15) is 0 Å². The average Bonchev–Trinajstić information content (AvgIpc) is 1.60. The van der Waals surface area contributed by atoms with E-state index in [1.54, 1.807) is 6.20 Å². The number of para-hydroxylation sites is 4. The normalized spacial score (nSPS) is 9.75. The molecule has 0 fully saturated rings. The second-order valence-electron chi connectivity index (χ2n) is 20.5. The molecule has 0 spiro atoms. The molecule has 8 heteroatoms. The minimum atomic E-state index is 0.693. The van der Waals surface area contributed by atoms with Crippen LogP contribution in [0.25, 0.3) is 116 Å². The fourth-order valence-corrected chi connectivity index (χ4v) is 11.5. The van der Waals surface area contributed by atoms with Crippen molar-refractivity contribution in [3.05, 3.63) is 253 Å². The SMILES string of the molecule is CC.CC.CC.CC.CC.CC.CC.CC.CC.Cc1ccc2c(oc3ccccc32)c1-c1cccc[n+]1C.Cc1ccc2c(oc3ncccc32)c1-c1cccc[n+]1C.Cc1cccc2c3ccccc3n3c4ccccc4[n+](C)c3c12.Cc1ccccc1-c1cccc[n+]1C. The van der Waals surface area contributed by atoms with Crippen LogP contribution in [0.2, 0.25) is 0 Å². The van der Waals surface area contributed by atoms with Crippen molar-refractivity contribution in [3.8, 4) is 33.8 Å². The topological polar surface area (TPSA) is 59.1 Å². The zero-order valence-corrected chi connectivity index (χ0v) is 63.9. The average molecular weight is 1300 g/mol. The highest BCUT2D eigenvalue weighted by atomic mass is 16.3. The standard InChI is InChI=1S/C21H17N2.C19H16NO.C18H15N2O.C13H14N.9C2H6/c1-14-8-7-10-16-15-9-3-4-11-17(15)23-19-13-6-5-12-18(19)22(2)21(23)20(14)16;1-13-10-11-15-14-7-3-4-9-17(14)21-19(15)18(13)16-8-5-6-12-20(16)2;1-12-8-9-13-14-6-5-10-19-18(14)21-17(13)16(12)15-7-3-4-11-20(15)2;1-11-7-3-4-8-12(11)13-9-5-6-10-14(13)2;9*1-2/h3-13H,1-2H3;3-12H,1-2H3;3-11H,1-2H3;3-10H,1-2H3;9*1-2H3/q4*+1;;;;;;;;;. The molecule has 97 heavy (non-hydrogen) atoms. The van der Waals surface area contributed by atoms with Gasteiger partial charge in [0, 0.05) is 80.5 Å². The minimum Gasteiger partial charge on any atom is -0.455 e. The zero-order chi connectivity index (χ0) is 72.3. The molecule has 8 aromatic heterocycles.